The Balaban J connectivity index is 2.51. The van der Waals surface area contributed by atoms with E-state index < -0.39 is 0 Å². The summed E-state index contributed by atoms with van der Waals surface area (Å²) in [5, 5.41) is 3.68. The monoisotopic (exact) mass is 192 g/mol. The number of nitrogens with one attached hydrogen (secondary N) is 1. The number of benzene rings is 1. The molecular formula is C10H9ClN2. The first-order valence-corrected chi connectivity index (χ1v) is 4.41. The van der Waals surface area contributed by atoms with Gasteiger partial charge in [0.05, 0.1) is 5.70 Å². The topological polar surface area (TPSA) is 24.4 Å². The molecule has 0 bridgehead atoms. The van der Waals surface area contributed by atoms with Gasteiger partial charge in [-0.3, -0.25) is 4.99 Å². The van der Waals surface area contributed by atoms with Crippen LogP contribution in [0.1, 0.15) is 12.5 Å². The van der Waals surface area contributed by atoms with E-state index in [4.69, 9.17) is 11.6 Å². The summed E-state index contributed by atoms with van der Waals surface area (Å²) in [5.74, 6) is 0. The van der Waals surface area contributed by atoms with Crippen LogP contribution in [0.15, 0.2) is 40.1 Å². The van der Waals surface area contributed by atoms with Crippen molar-refractivity contribution in [3.8, 4) is 0 Å². The second kappa shape index (κ2) is 3.23. The summed E-state index contributed by atoms with van der Waals surface area (Å²) in [6, 6.07) is 7.91. The van der Waals surface area contributed by atoms with Crippen molar-refractivity contribution >= 4 is 23.5 Å². The van der Waals surface area contributed by atoms with Crippen LogP contribution < -0.4 is 5.32 Å². The summed E-state index contributed by atoms with van der Waals surface area (Å²) >= 11 is 5.95. The number of aliphatic imine (C=N–C) groups is 1. The minimum Gasteiger partial charge on any atom is -0.344 e. The largest absolute Gasteiger partial charge is 0.344 e. The van der Waals surface area contributed by atoms with E-state index in [2.05, 4.69) is 10.3 Å². The SMILES string of the molecule is CC1=C(Cl)Nc2ccccc2C=N1. The molecule has 1 aromatic carbocycles. The van der Waals surface area contributed by atoms with Gasteiger partial charge in [-0.25, -0.2) is 0 Å². The first-order chi connectivity index (χ1) is 6.27. The standard InChI is InChI=1S/C10H9ClN2/c1-7-10(11)13-9-5-3-2-4-8(9)6-12-7/h2-6,13H,1H3. The Morgan fingerprint density at radius 3 is 2.92 bits per heavy atom. The minimum absolute atomic E-state index is 0.584. The van der Waals surface area contributed by atoms with Gasteiger partial charge in [0.1, 0.15) is 5.16 Å². The number of halogens is 1. The minimum atomic E-state index is 0.584. The summed E-state index contributed by atoms with van der Waals surface area (Å²) in [6.45, 7) is 1.87. The van der Waals surface area contributed by atoms with Crippen LogP contribution in [0, 0.1) is 0 Å². The molecule has 0 saturated carbocycles. The van der Waals surface area contributed by atoms with Gasteiger partial charge in [0.25, 0.3) is 0 Å². The van der Waals surface area contributed by atoms with Crippen LogP contribution in [0.5, 0.6) is 0 Å². The van der Waals surface area contributed by atoms with E-state index in [1.54, 1.807) is 0 Å². The second-order valence-electron chi connectivity index (χ2n) is 2.87. The van der Waals surface area contributed by atoms with Gasteiger partial charge in [-0.05, 0) is 13.0 Å². The number of hydrogen-bond acceptors (Lipinski definition) is 2. The van der Waals surface area contributed by atoms with Crippen molar-refractivity contribution in [3.05, 3.63) is 40.7 Å². The molecule has 1 heterocycles. The second-order valence-corrected chi connectivity index (χ2v) is 3.25. The van der Waals surface area contributed by atoms with Crippen molar-refractivity contribution in [2.75, 3.05) is 5.32 Å². The Hall–Kier alpha value is -1.28. The van der Waals surface area contributed by atoms with Crippen LogP contribution >= 0.6 is 11.6 Å². The van der Waals surface area contributed by atoms with Gasteiger partial charge in [0, 0.05) is 17.5 Å². The highest BCUT2D eigenvalue weighted by Gasteiger charge is 2.06. The Labute approximate surface area is 81.9 Å². The normalized spacial score (nSPS) is 14.9. The molecule has 1 aromatic rings. The first kappa shape index (κ1) is 8.32. The molecule has 0 aromatic heterocycles. The molecule has 0 saturated heterocycles. The number of fused-ring (bicyclic) bond motifs is 1. The molecule has 0 atom stereocenters. The molecule has 1 N–H and O–H groups in total. The van der Waals surface area contributed by atoms with Gasteiger partial charge in [-0.2, -0.15) is 0 Å². The maximum Gasteiger partial charge on any atom is 0.128 e. The molecular weight excluding hydrogens is 184 g/mol. The van der Waals surface area contributed by atoms with E-state index in [0.29, 0.717) is 5.16 Å². The molecule has 0 spiro atoms. The average molecular weight is 193 g/mol. The van der Waals surface area contributed by atoms with Crippen molar-refractivity contribution in [1.29, 1.82) is 0 Å². The molecule has 13 heavy (non-hydrogen) atoms. The predicted molar refractivity (Wildman–Crippen MR) is 56.2 cm³/mol. The van der Waals surface area contributed by atoms with Crippen molar-refractivity contribution in [2.45, 2.75) is 6.92 Å². The van der Waals surface area contributed by atoms with E-state index in [-0.39, 0.29) is 0 Å². The highest BCUT2D eigenvalue weighted by molar-refractivity contribution is 6.31. The number of anilines is 1. The quantitative estimate of drug-likeness (QED) is 0.628. The Bertz CT molecular complexity index is 394. The van der Waals surface area contributed by atoms with Crippen molar-refractivity contribution < 1.29 is 0 Å². The van der Waals surface area contributed by atoms with Crippen LogP contribution in [-0.2, 0) is 0 Å². The fourth-order valence-electron chi connectivity index (χ4n) is 1.16. The number of allylic oxidation sites excluding steroid dienone is 1. The van der Waals surface area contributed by atoms with Crippen LogP contribution in [-0.4, -0.2) is 6.21 Å². The zero-order valence-corrected chi connectivity index (χ0v) is 7.97. The van der Waals surface area contributed by atoms with Crippen LogP contribution in [0.2, 0.25) is 0 Å². The fourth-order valence-corrected chi connectivity index (χ4v) is 1.31. The Morgan fingerprint density at radius 2 is 2.08 bits per heavy atom. The lowest BCUT2D eigenvalue weighted by atomic mass is 10.2. The van der Waals surface area contributed by atoms with Gasteiger partial charge in [-0.15, -0.1) is 0 Å². The van der Waals surface area contributed by atoms with E-state index in [1.165, 1.54) is 0 Å². The highest BCUT2D eigenvalue weighted by Crippen LogP contribution is 2.22. The fraction of sp³-hybridized carbons (Fsp3) is 0.100. The molecule has 0 aliphatic carbocycles. The number of para-hydroxylation sites is 1. The lowest BCUT2D eigenvalue weighted by molar-refractivity contribution is 1.29. The van der Waals surface area contributed by atoms with E-state index >= 15 is 0 Å². The average Bonchev–Trinajstić information content (AvgIpc) is 2.28. The number of nitrogens with zero attached hydrogens (tertiary/aromatic N) is 1. The van der Waals surface area contributed by atoms with Gasteiger partial charge in [-0.1, -0.05) is 29.8 Å². The van der Waals surface area contributed by atoms with Crippen molar-refractivity contribution in [3.63, 3.8) is 0 Å². The number of hydrogen-bond donors (Lipinski definition) is 1. The van der Waals surface area contributed by atoms with Gasteiger partial charge in [0.2, 0.25) is 0 Å². The van der Waals surface area contributed by atoms with Gasteiger partial charge < -0.3 is 5.32 Å². The third-order valence-electron chi connectivity index (χ3n) is 1.92. The molecule has 2 nitrogen and oxygen atoms in total. The molecule has 0 unspecified atom stereocenters. The van der Waals surface area contributed by atoms with Crippen molar-refractivity contribution in [2.24, 2.45) is 4.99 Å². The Kier molecular flexibility index (Phi) is 2.07. The van der Waals surface area contributed by atoms with Crippen LogP contribution in [0.3, 0.4) is 0 Å². The summed E-state index contributed by atoms with van der Waals surface area (Å²) in [7, 11) is 0. The summed E-state index contributed by atoms with van der Waals surface area (Å²) < 4.78 is 0. The van der Waals surface area contributed by atoms with Crippen molar-refractivity contribution in [1.82, 2.24) is 0 Å². The smallest absolute Gasteiger partial charge is 0.128 e. The van der Waals surface area contributed by atoms with Crippen LogP contribution in [0.25, 0.3) is 0 Å². The van der Waals surface area contributed by atoms with E-state index in [1.807, 2.05) is 37.4 Å². The molecule has 3 heteroatoms. The molecule has 0 amide bonds. The first-order valence-electron chi connectivity index (χ1n) is 4.04. The summed E-state index contributed by atoms with van der Waals surface area (Å²) in [4.78, 5) is 4.21. The predicted octanol–water partition coefficient (Wildman–Crippen LogP) is 2.96. The lowest BCUT2D eigenvalue weighted by Crippen LogP contribution is -1.95. The molecule has 0 radical (unpaired) electrons. The third-order valence-corrected chi connectivity index (χ3v) is 2.29. The van der Waals surface area contributed by atoms with Gasteiger partial charge >= 0.3 is 0 Å². The Morgan fingerprint density at radius 1 is 1.31 bits per heavy atom. The molecule has 1 aliphatic heterocycles. The molecule has 1 aliphatic rings. The van der Waals surface area contributed by atoms with Crippen LogP contribution in [0.4, 0.5) is 5.69 Å². The van der Waals surface area contributed by atoms with Gasteiger partial charge in [0.15, 0.2) is 0 Å². The maximum atomic E-state index is 5.95. The van der Waals surface area contributed by atoms with E-state index in [9.17, 15) is 0 Å². The number of rotatable bonds is 0. The molecule has 66 valence electrons. The zero-order chi connectivity index (χ0) is 9.26. The molecule has 0 fully saturated rings. The third kappa shape index (κ3) is 1.58. The highest BCUT2D eigenvalue weighted by atomic mass is 35.5. The zero-order valence-electron chi connectivity index (χ0n) is 7.21. The summed E-state index contributed by atoms with van der Waals surface area (Å²) in [5.41, 5.74) is 2.85. The maximum absolute atomic E-state index is 5.95. The lowest BCUT2D eigenvalue weighted by Gasteiger charge is -2.05. The van der Waals surface area contributed by atoms with E-state index in [0.717, 1.165) is 16.9 Å². The summed E-state index contributed by atoms with van der Waals surface area (Å²) in [6.07, 6.45) is 1.81. The molecule has 2 rings (SSSR count).